The molecule has 0 bridgehead atoms. The van der Waals surface area contributed by atoms with E-state index >= 15 is 0 Å². The maximum Gasteiger partial charge on any atom is 0.0343 e. The lowest BCUT2D eigenvalue weighted by Gasteiger charge is -2.30. The topological polar surface area (TPSA) is 15.3 Å². The summed E-state index contributed by atoms with van der Waals surface area (Å²) in [5.41, 5.74) is 1.27. The highest BCUT2D eigenvalue weighted by Gasteiger charge is 2.16. The van der Waals surface area contributed by atoms with Crippen molar-refractivity contribution in [1.82, 2.24) is 4.90 Å². The summed E-state index contributed by atoms with van der Waals surface area (Å²) >= 11 is 0. The predicted octanol–water partition coefficient (Wildman–Crippen LogP) is 3.25. The van der Waals surface area contributed by atoms with Gasteiger partial charge in [0, 0.05) is 11.7 Å². The zero-order valence-electron chi connectivity index (χ0n) is 12.1. The second-order valence-electron chi connectivity index (χ2n) is 6.08. The molecule has 18 heavy (non-hydrogen) atoms. The van der Waals surface area contributed by atoms with Gasteiger partial charge in [0.05, 0.1) is 0 Å². The SMILES string of the molecule is CN1CCC(Nc2ccc(S(C)(C)C)cc2)CC1. The van der Waals surface area contributed by atoms with Crippen LogP contribution in [-0.2, 0) is 0 Å². The molecule has 1 aromatic rings. The Hall–Kier alpha value is -0.670. The van der Waals surface area contributed by atoms with Crippen molar-refractivity contribution in [3.8, 4) is 0 Å². The van der Waals surface area contributed by atoms with Gasteiger partial charge in [0.1, 0.15) is 0 Å². The van der Waals surface area contributed by atoms with Gasteiger partial charge in [-0.1, -0.05) is 0 Å². The van der Waals surface area contributed by atoms with E-state index in [9.17, 15) is 0 Å². The molecular weight excluding hydrogens is 240 g/mol. The number of nitrogens with zero attached hydrogens (tertiary/aromatic N) is 1. The highest BCUT2D eigenvalue weighted by molar-refractivity contribution is 8.32. The van der Waals surface area contributed by atoms with Crippen molar-refractivity contribution in [2.75, 3.05) is 44.2 Å². The maximum absolute atomic E-state index is 3.66. The minimum atomic E-state index is -0.594. The molecule has 3 heteroatoms. The van der Waals surface area contributed by atoms with E-state index in [-0.39, 0.29) is 0 Å². The van der Waals surface area contributed by atoms with Crippen molar-refractivity contribution in [2.45, 2.75) is 23.8 Å². The Labute approximate surface area is 113 Å². The summed E-state index contributed by atoms with van der Waals surface area (Å²) in [6.07, 6.45) is 9.52. The molecule has 0 aliphatic carbocycles. The Balaban J connectivity index is 1.94. The summed E-state index contributed by atoms with van der Waals surface area (Å²) in [4.78, 5) is 3.89. The number of likely N-dealkylation sites (tertiary alicyclic amines) is 1. The largest absolute Gasteiger partial charge is 0.382 e. The first-order valence-electron chi connectivity index (χ1n) is 6.69. The van der Waals surface area contributed by atoms with Gasteiger partial charge in [0.15, 0.2) is 0 Å². The van der Waals surface area contributed by atoms with Crippen molar-refractivity contribution in [3.05, 3.63) is 24.3 Å². The van der Waals surface area contributed by atoms with Gasteiger partial charge in [-0.2, -0.15) is 0 Å². The van der Waals surface area contributed by atoms with Crippen LogP contribution >= 0.6 is 10.0 Å². The first-order valence-corrected chi connectivity index (χ1v) is 9.54. The number of hydrogen-bond donors (Lipinski definition) is 1. The summed E-state index contributed by atoms with van der Waals surface area (Å²) in [7, 11) is 1.61. The number of hydrogen-bond acceptors (Lipinski definition) is 2. The van der Waals surface area contributed by atoms with Crippen molar-refractivity contribution in [3.63, 3.8) is 0 Å². The van der Waals surface area contributed by atoms with Crippen molar-refractivity contribution >= 4 is 15.7 Å². The number of nitrogens with one attached hydrogen (secondary N) is 1. The molecule has 2 rings (SSSR count). The van der Waals surface area contributed by atoms with Gasteiger partial charge >= 0.3 is 0 Å². The Bertz CT molecular complexity index is 372. The highest BCUT2D eigenvalue weighted by Crippen LogP contribution is 2.45. The molecule has 0 radical (unpaired) electrons. The van der Waals surface area contributed by atoms with E-state index in [1.54, 1.807) is 0 Å². The van der Waals surface area contributed by atoms with Crippen LogP contribution in [0.5, 0.6) is 0 Å². The maximum atomic E-state index is 3.66. The van der Waals surface area contributed by atoms with Crippen LogP contribution in [0.1, 0.15) is 12.8 Å². The molecule has 1 aliphatic heterocycles. The fraction of sp³-hybridized carbons (Fsp3) is 0.600. The lowest BCUT2D eigenvalue weighted by atomic mass is 10.1. The van der Waals surface area contributed by atoms with Crippen LogP contribution < -0.4 is 5.32 Å². The summed E-state index contributed by atoms with van der Waals surface area (Å²) in [5.74, 6) is 0. The van der Waals surface area contributed by atoms with Crippen LogP contribution in [0.25, 0.3) is 0 Å². The van der Waals surface area contributed by atoms with Gasteiger partial charge in [0.25, 0.3) is 0 Å². The molecule has 2 nitrogen and oxygen atoms in total. The minimum Gasteiger partial charge on any atom is -0.382 e. The van der Waals surface area contributed by atoms with Crippen LogP contribution in [0.15, 0.2) is 29.2 Å². The first kappa shape index (κ1) is 13.8. The summed E-state index contributed by atoms with van der Waals surface area (Å²) in [6.45, 7) is 2.42. The summed E-state index contributed by atoms with van der Waals surface area (Å²) in [6, 6.07) is 9.70. The average molecular weight is 266 g/mol. The molecule has 102 valence electrons. The Morgan fingerprint density at radius 2 is 1.61 bits per heavy atom. The fourth-order valence-corrected chi connectivity index (χ4v) is 3.30. The average Bonchev–Trinajstić information content (AvgIpc) is 2.32. The molecule has 1 heterocycles. The van der Waals surface area contributed by atoms with E-state index in [0.29, 0.717) is 6.04 Å². The van der Waals surface area contributed by atoms with Crippen LogP contribution in [0.2, 0.25) is 0 Å². The molecule has 0 atom stereocenters. The normalized spacial score (nSPS) is 19.8. The number of benzene rings is 1. The second kappa shape index (κ2) is 5.54. The number of piperidine rings is 1. The molecule has 0 saturated carbocycles. The lowest BCUT2D eigenvalue weighted by molar-refractivity contribution is 0.264. The second-order valence-corrected chi connectivity index (χ2v) is 10.2. The lowest BCUT2D eigenvalue weighted by Crippen LogP contribution is -2.36. The van der Waals surface area contributed by atoms with E-state index < -0.39 is 10.0 Å². The molecule has 1 aliphatic rings. The zero-order chi connectivity index (χ0) is 13.2. The molecular formula is C15H26N2S. The molecule has 0 unspecified atom stereocenters. The third-order valence-corrected chi connectivity index (χ3v) is 5.34. The van der Waals surface area contributed by atoms with Gasteiger partial charge in [-0.25, -0.2) is 10.0 Å². The fourth-order valence-electron chi connectivity index (χ4n) is 2.35. The van der Waals surface area contributed by atoms with Crippen molar-refractivity contribution in [1.29, 1.82) is 0 Å². The minimum absolute atomic E-state index is 0.594. The predicted molar refractivity (Wildman–Crippen MR) is 84.2 cm³/mol. The van der Waals surface area contributed by atoms with Gasteiger partial charge < -0.3 is 10.2 Å². The Morgan fingerprint density at radius 1 is 1.06 bits per heavy atom. The summed E-state index contributed by atoms with van der Waals surface area (Å²) < 4.78 is 0. The van der Waals surface area contributed by atoms with Crippen LogP contribution in [-0.4, -0.2) is 49.8 Å². The van der Waals surface area contributed by atoms with E-state index in [2.05, 4.69) is 60.3 Å². The highest BCUT2D eigenvalue weighted by atomic mass is 32.3. The van der Waals surface area contributed by atoms with E-state index in [0.717, 1.165) is 0 Å². The molecule has 0 aromatic heterocycles. The first-order chi connectivity index (χ1) is 8.45. The van der Waals surface area contributed by atoms with E-state index in [1.165, 1.54) is 36.5 Å². The quantitative estimate of drug-likeness (QED) is 0.903. The molecule has 1 aromatic carbocycles. The number of rotatable bonds is 3. The Morgan fingerprint density at radius 3 is 2.11 bits per heavy atom. The van der Waals surface area contributed by atoms with Crippen LogP contribution in [0, 0.1) is 0 Å². The van der Waals surface area contributed by atoms with Gasteiger partial charge in [-0.3, -0.25) is 0 Å². The molecule has 0 amide bonds. The molecule has 1 N–H and O–H groups in total. The van der Waals surface area contributed by atoms with Gasteiger partial charge in [-0.05, 0) is 80.9 Å². The monoisotopic (exact) mass is 266 g/mol. The van der Waals surface area contributed by atoms with Crippen molar-refractivity contribution < 1.29 is 0 Å². The third kappa shape index (κ3) is 3.66. The number of anilines is 1. The van der Waals surface area contributed by atoms with Crippen LogP contribution in [0.4, 0.5) is 5.69 Å². The Kier molecular flexibility index (Phi) is 4.23. The van der Waals surface area contributed by atoms with Gasteiger partial charge in [-0.15, -0.1) is 0 Å². The molecule has 1 saturated heterocycles. The van der Waals surface area contributed by atoms with E-state index in [4.69, 9.17) is 0 Å². The summed E-state index contributed by atoms with van der Waals surface area (Å²) in [5, 5.41) is 3.66. The van der Waals surface area contributed by atoms with E-state index in [1.807, 2.05) is 0 Å². The zero-order valence-corrected chi connectivity index (χ0v) is 12.9. The van der Waals surface area contributed by atoms with Crippen molar-refractivity contribution in [2.24, 2.45) is 0 Å². The standard InChI is InChI=1S/C15H26N2S/c1-17-11-9-14(10-12-17)16-13-5-7-15(8-6-13)18(2,3)4/h5-8,14,16H,9-12H2,1-4H3. The van der Waals surface area contributed by atoms with Crippen LogP contribution in [0.3, 0.4) is 0 Å². The third-order valence-electron chi connectivity index (χ3n) is 3.65. The smallest absolute Gasteiger partial charge is 0.0343 e. The molecule has 1 fully saturated rings. The molecule has 0 spiro atoms. The van der Waals surface area contributed by atoms with Gasteiger partial charge in [0.2, 0.25) is 0 Å².